The van der Waals surface area contributed by atoms with Crippen molar-refractivity contribution in [2.24, 2.45) is 0 Å². The van der Waals surface area contributed by atoms with Gasteiger partial charge in [0.25, 0.3) is 0 Å². The van der Waals surface area contributed by atoms with E-state index in [-0.39, 0.29) is 44.3 Å². The molecule has 7 nitrogen and oxygen atoms in total. The third-order valence-electron chi connectivity index (χ3n) is 6.96. The van der Waals surface area contributed by atoms with Crippen LogP contribution in [0.5, 0.6) is 0 Å². The van der Waals surface area contributed by atoms with Gasteiger partial charge in [0.15, 0.2) is 0 Å². The first kappa shape index (κ1) is 25.2. The van der Waals surface area contributed by atoms with Gasteiger partial charge in [-0.15, -0.1) is 0 Å². The highest BCUT2D eigenvalue weighted by molar-refractivity contribution is 5.96. The van der Waals surface area contributed by atoms with Crippen molar-refractivity contribution < 1.29 is 18.7 Å². The maximum atomic E-state index is 15.4. The first-order valence-corrected chi connectivity index (χ1v) is 12.5. The van der Waals surface area contributed by atoms with Crippen LogP contribution in [-0.2, 0) is 9.53 Å². The molecule has 0 aliphatic carbocycles. The standard InChI is InChI=1S/C27H37FN4O3/c1-18-8-12-29-24-19(2)6-7-21(23(18)24)32-13-9-20(17-32)30-22(33)16-27(28)10-14-31(15-11-27)25(34)35-26(3,4)5/h6-8,12,20H,9-11,13-17H2,1-5H3,(H,30,33)/t20-/m0/s1. The van der Waals surface area contributed by atoms with Gasteiger partial charge in [-0.05, 0) is 77.1 Å². The van der Waals surface area contributed by atoms with Crippen LogP contribution in [0.15, 0.2) is 24.4 Å². The molecule has 2 amide bonds. The van der Waals surface area contributed by atoms with Crippen LogP contribution in [0.3, 0.4) is 0 Å². The normalized spacial score (nSPS) is 20.2. The lowest BCUT2D eigenvalue weighted by molar-refractivity contribution is -0.125. The monoisotopic (exact) mass is 484 g/mol. The molecule has 3 heterocycles. The Bertz CT molecular complexity index is 1110. The van der Waals surface area contributed by atoms with Crippen molar-refractivity contribution in [3.8, 4) is 0 Å². The van der Waals surface area contributed by atoms with Gasteiger partial charge in [0.05, 0.1) is 11.9 Å². The lowest BCUT2D eigenvalue weighted by Crippen LogP contribution is -2.48. The summed E-state index contributed by atoms with van der Waals surface area (Å²) in [4.78, 5) is 33.4. The quantitative estimate of drug-likeness (QED) is 0.682. The molecule has 2 aliphatic heterocycles. The van der Waals surface area contributed by atoms with E-state index in [1.807, 2.05) is 33.0 Å². The van der Waals surface area contributed by atoms with Crippen molar-refractivity contribution in [3.63, 3.8) is 0 Å². The number of pyridine rings is 1. The predicted octanol–water partition coefficient (Wildman–Crippen LogP) is 4.68. The second-order valence-electron chi connectivity index (χ2n) is 11.0. The van der Waals surface area contributed by atoms with E-state index in [4.69, 9.17) is 4.74 Å². The minimum Gasteiger partial charge on any atom is -0.444 e. The highest BCUT2D eigenvalue weighted by Crippen LogP contribution is 2.33. The van der Waals surface area contributed by atoms with Crippen molar-refractivity contribution in [1.82, 2.24) is 15.2 Å². The molecule has 4 rings (SSSR count). The second-order valence-corrected chi connectivity index (χ2v) is 11.0. The van der Waals surface area contributed by atoms with Crippen molar-refractivity contribution >= 4 is 28.6 Å². The Morgan fingerprint density at radius 3 is 2.54 bits per heavy atom. The van der Waals surface area contributed by atoms with E-state index in [0.29, 0.717) is 6.54 Å². The summed E-state index contributed by atoms with van der Waals surface area (Å²) in [6.07, 6.45) is 2.32. The van der Waals surface area contributed by atoms with Crippen molar-refractivity contribution in [2.75, 3.05) is 31.1 Å². The van der Waals surface area contributed by atoms with Crippen LogP contribution in [0.1, 0.15) is 57.6 Å². The van der Waals surface area contributed by atoms with E-state index in [1.165, 1.54) is 10.5 Å². The number of nitrogens with one attached hydrogen (secondary N) is 1. The molecule has 0 bridgehead atoms. The molecule has 0 spiro atoms. The molecule has 2 aliphatic rings. The number of hydrogen-bond donors (Lipinski definition) is 1. The van der Waals surface area contributed by atoms with Gasteiger partial charge in [0.1, 0.15) is 11.3 Å². The molecule has 190 valence electrons. The number of amides is 2. The van der Waals surface area contributed by atoms with E-state index >= 15 is 4.39 Å². The molecule has 0 unspecified atom stereocenters. The van der Waals surface area contributed by atoms with Gasteiger partial charge in [-0.25, -0.2) is 9.18 Å². The first-order valence-electron chi connectivity index (χ1n) is 12.5. The molecule has 1 aromatic heterocycles. The summed E-state index contributed by atoms with van der Waals surface area (Å²) >= 11 is 0. The number of aryl methyl sites for hydroxylation is 2. The fraction of sp³-hybridized carbons (Fsp3) is 0.593. The first-order chi connectivity index (χ1) is 16.4. The van der Waals surface area contributed by atoms with Crippen LogP contribution in [0, 0.1) is 13.8 Å². The molecular formula is C27H37FN4O3. The molecule has 0 saturated carbocycles. The zero-order valence-electron chi connectivity index (χ0n) is 21.5. The third-order valence-corrected chi connectivity index (χ3v) is 6.96. The Morgan fingerprint density at radius 1 is 1.14 bits per heavy atom. The molecule has 35 heavy (non-hydrogen) atoms. The van der Waals surface area contributed by atoms with Crippen LogP contribution < -0.4 is 10.2 Å². The van der Waals surface area contributed by atoms with Crippen LogP contribution in [0.2, 0.25) is 0 Å². The lowest BCUT2D eigenvalue weighted by Gasteiger charge is -2.36. The second kappa shape index (κ2) is 9.63. The number of halogens is 1. The number of carbonyl (C=O) groups is 2. The Balaban J connectivity index is 1.32. The average Bonchev–Trinajstić information content (AvgIpc) is 3.21. The molecule has 2 aromatic rings. The summed E-state index contributed by atoms with van der Waals surface area (Å²) in [6.45, 7) is 11.6. The number of alkyl halides is 1. The average molecular weight is 485 g/mol. The topological polar surface area (TPSA) is 74.8 Å². The number of fused-ring (bicyclic) bond motifs is 1. The van der Waals surface area contributed by atoms with Crippen LogP contribution in [0.25, 0.3) is 10.9 Å². The van der Waals surface area contributed by atoms with Crippen molar-refractivity contribution in [3.05, 3.63) is 35.5 Å². The number of benzene rings is 1. The maximum absolute atomic E-state index is 15.4. The van der Waals surface area contributed by atoms with Gasteiger partial charge in [0.2, 0.25) is 5.91 Å². The molecular weight excluding hydrogens is 447 g/mol. The number of rotatable bonds is 4. The Morgan fingerprint density at radius 2 is 1.86 bits per heavy atom. The maximum Gasteiger partial charge on any atom is 0.410 e. The molecule has 0 radical (unpaired) electrons. The molecule has 1 atom stereocenters. The van der Waals surface area contributed by atoms with Gasteiger partial charge in [0, 0.05) is 49.5 Å². The van der Waals surface area contributed by atoms with E-state index in [9.17, 15) is 9.59 Å². The fourth-order valence-electron chi connectivity index (χ4n) is 5.07. The number of nitrogens with zero attached hydrogens (tertiary/aromatic N) is 3. The van der Waals surface area contributed by atoms with E-state index < -0.39 is 17.4 Å². The molecule has 2 fully saturated rings. The number of likely N-dealkylation sites (tertiary alicyclic amines) is 1. The molecule has 1 N–H and O–H groups in total. The van der Waals surface area contributed by atoms with E-state index in [2.05, 4.69) is 41.2 Å². The van der Waals surface area contributed by atoms with Crippen LogP contribution >= 0.6 is 0 Å². The van der Waals surface area contributed by atoms with Gasteiger partial charge >= 0.3 is 6.09 Å². The van der Waals surface area contributed by atoms with Crippen LogP contribution in [-0.4, -0.2) is 65.4 Å². The summed E-state index contributed by atoms with van der Waals surface area (Å²) in [5.74, 6) is -0.267. The zero-order chi connectivity index (χ0) is 25.4. The minimum absolute atomic E-state index is 0.0266. The number of ether oxygens (including phenoxy) is 1. The smallest absolute Gasteiger partial charge is 0.410 e. The number of carbonyl (C=O) groups excluding carboxylic acids is 2. The summed E-state index contributed by atoms with van der Waals surface area (Å²) in [7, 11) is 0. The summed E-state index contributed by atoms with van der Waals surface area (Å²) in [5.41, 5.74) is 2.27. The SMILES string of the molecule is Cc1ccc(N2CC[C@H](NC(=O)CC3(F)CCN(C(=O)OC(C)(C)C)CC3)C2)c2c(C)ccnc12. The highest BCUT2D eigenvalue weighted by atomic mass is 19.1. The number of piperidine rings is 1. The zero-order valence-corrected chi connectivity index (χ0v) is 21.5. The number of anilines is 1. The largest absolute Gasteiger partial charge is 0.444 e. The van der Waals surface area contributed by atoms with Gasteiger partial charge in [-0.3, -0.25) is 9.78 Å². The molecule has 1 aromatic carbocycles. The Hall–Kier alpha value is -2.90. The molecule has 8 heteroatoms. The van der Waals surface area contributed by atoms with Crippen molar-refractivity contribution in [2.45, 2.75) is 77.6 Å². The predicted molar refractivity (Wildman–Crippen MR) is 135 cm³/mol. The third kappa shape index (κ3) is 5.85. The van der Waals surface area contributed by atoms with Gasteiger partial charge < -0.3 is 19.9 Å². The Kier molecular flexibility index (Phi) is 6.93. The fourth-order valence-corrected chi connectivity index (χ4v) is 5.07. The van der Waals surface area contributed by atoms with Crippen LogP contribution in [0.4, 0.5) is 14.9 Å². The minimum atomic E-state index is -1.60. The highest BCUT2D eigenvalue weighted by Gasteiger charge is 2.39. The molecule has 2 saturated heterocycles. The summed E-state index contributed by atoms with van der Waals surface area (Å²) < 4.78 is 20.8. The van der Waals surface area contributed by atoms with E-state index in [0.717, 1.165) is 35.1 Å². The summed E-state index contributed by atoms with van der Waals surface area (Å²) in [6, 6.07) is 6.22. The van der Waals surface area contributed by atoms with Crippen molar-refractivity contribution in [1.29, 1.82) is 0 Å². The summed E-state index contributed by atoms with van der Waals surface area (Å²) in [5, 5.41) is 4.20. The Labute approximate surface area is 207 Å². The number of hydrogen-bond acceptors (Lipinski definition) is 5. The van der Waals surface area contributed by atoms with Gasteiger partial charge in [-0.2, -0.15) is 0 Å². The number of aromatic nitrogens is 1. The van der Waals surface area contributed by atoms with Gasteiger partial charge in [-0.1, -0.05) is 6.07 Å². The van der Waals surface area contributed by atoms with E-state index in [1.54, 1.807) is 0 Å². The lowest BCUT2D eigenvalue weighted by atomic mass is 9.89.